The molecule has 1 amide bonds. The average molecular weight is 252 g/mol. The highest BCUT2D eigenvalue weighted by Crippen LogP contribution is 2.35. The lowest BCUT2D eigenvalue weighted by Crippen LogP contribution is -2.45. The van der Waals surface area contributed by atoms with Crippen LogP contribution in [-0.4, -0.2) is 47.1 Å². The molecule has 3 aliphatic heterocycles. The van der Waals surface area contributed by atoms with Crippen molar-refractivity contribution in [3.8, 4) is 0 Å². The molecule has 0 aliphatic carbocycles. The Morgan fingerprint density at radius 2 is 1.83 bits per heavy atom. The fourth-order valence-corrected chi connectivity index (χ4v) is 3.68. The molecule has 2 N–H and O–H groups in total. The van der Waals surface area contributed by atoms with Crippen LogP contribution in [0, 0.1) is 11.8 Å². The van der Waals surface area contributed by atoms with E-state index in [1.807, 2.05) is 4.90 Å². The van der Waals surface area contributed by atoms with E-state index in [-0.39, 0.29) is 17.7 Å². The predicted octanol–water partition coefficient (Wildman–Crippen LogP) is 0.450. The van der Waals surface area contributed by atoms with Crippen LogP contribution in [0.5, 0.6) is 0 Å². The van der Waals surface area contributed by atoms with Crippen molar-refractivity contribution in [1.82, 2.24) is 10.2 Å². The Labute approximate surface area is 107 Å². The number of piperidine rings is 1. The van der Waals surface area contributed by atoms with Crippen molar-refractivity contribution in [3.05, 3.63) is 0 Å². The number of hydrogen-bond acceptors (Lipinski definition) is 3. The molecule has 5 nitrogen and oxygen atoms in total. The van der Waals surface area contributed by atoms with Crippen molar-refractivity contribution in [1.29, 1.82) is 0 Å². The van der Waals surface area contributed by atoms with Crippen LogP contribution in [0.2, 0.25) is 0 Å². The first-order valence-electron chi connectivity index (χ1n) is 6.93. The van der Waals surface area contributed by atoms with Crippen molar-refractivity contribution in [2.24, 2.45) is 11.8 Å². The van der Waals surface area contributed by atoms with Crippen LogP contribution >= 0.6 is 0 Å². The quantitative estimate of drug-likeness (QED) is 0.748. The van der Waals surface area contributed by atoms with Gasteiger partial charge in [-0.2, -0.15) is 0 Å². The van der Waals surface area contributed by atoms with Crippen molar-refractivity contribution in [3.63, 3.8) is 0 Å². The lowest BCUT2D eigenvalue weighted by molar-refractivity contribution is -0.147. The van der Waals surface area contributed by atoms with E-state index in [0.717, 1.165) is 12.8 Å². The maximum atomic E-state index is 12.4. The Morgan fingerprint density at radius 3 is 2.33 bits per heavy atom. The smallest absolute Gasteiger partial charge is 0.306 e. The van der Waals surface area contributed by atoms with Gasteiger partial charge in [-0.3, -0.25) is 9.59 Å². The third-order valence-electron chi connectivity index (χ3n) is 4.77. The molecular weight excluding hydrogens is 232 g/mol. The van der Waals surface area contributed by atoms with Gasteiger partial charge in [0.1, 0.15) is 0 Å². The highest BCUT2D eigenvalue weighted by Gasteiger charge is 2.44. The Kier molecular flexibility index (Phi) is 3.01. The topological polar surface area (TPSA) is 69.6 Å². The van der Waals surface area contributed by atoms with E-state index in [1.165, 1.54) is 6.42 Å². The maximum Gasteiger partial charge on any atom is 0.306 e. The summed E-state index contributed by atoms with van der Waals surface area (Å²) in [6, 6.07) is 0.917. The van der Waals surface area contributed by atoms with Gasteiger partial charge in [0.05, 0.1) is 11.8 Å². The first-order valence-corrected chi connectivity index (χ1v) is 6.93. The number of likely N-dealkylation sites (tertiary alicyclic amines) is 1. The number of amides is 1. The number of hydrogen-bond donors (Lipinski definition) is 2. The van der Waals surface area contributed by atoms with Crippen molar-refractivity contribution in [2.75, 3.05) is 13.1 Å². The SMILES string of the molecule is O=C(O)C1CCN(C(=O)C2CC3CCC2N3)CC1. The zero-order valence-electron chi connectivity index (χ0n) is 10.5. The van der Waals surface area contributed by atoms with Crippen LogP contribution in [0.3, 0.4) is 0 Å². The molecule has 100 valence electrons. The van der Waals surface area contributed by atoms with E-state index in [2.05, 4.69) is 5.32 Å². The summed E-state index contributed by atoms with van der Waals surface area (Å²) < 4.78 is 0. The molecule has 0 radical (unpaired) electrons. The van der Waals surface area contributed by atoms with Gasteiger partial charge >= 0.3 is 5.97 Å². The van der Waals surface area contributed by atoms with Gasteiger partial charge in [0.15, 0.2) is 0 Å². The average Bonchev–Trinajstić information content (AvgIpc) is 3.00. The first kappa shape index (κ1) is 12.0. The highest BCUT2D eigenvalue weighted by atomic mass is 16.4. The summed E-state index contributed by atoms with van der Waals surface area (Å²) in [6.45, 7) is 1.23. The second-order valence-corrected chi connectivity index (χ2v) is 5.83. The van der Waals surface area contributed by atoms with Crippen molar-refractivity contribution in [2.45, 2.75) is 44.2 Å². The van der Waals surface area contributed by atoms with E-state index < -0.39 is 5.97 Å². The van der Waals surface area contributed by atoms with Gasteiger partial charge < -0.3 is 15.3 Å². The predicted molar refractivity (Wildman–Crippen MR) is 65.0 cm³/mol. The number of carboxylic acid groups (broad SMARTS) is 1. The lowest BCUT2D eigenvalue weighted by atomic mass is 9.87. The molecule has 3 atom stereocenters. The highest BCUT2D eigenvalue weighted by molar-refractivity contribution is 5.80. The van der Waals surface area contributed by atoms with E-state index >= 15 is 0 Å². The Bertz CT molecular complexity index is 363. The van der Waals surface area contributed by atoms with Gasteiger partial charge in [-0.05, 0) is 32.1 Å². The summed E-state index contributed by atoms with van der Waals surface area (Å²) in [7, 11) is 0. The van der Waals surface area contributed by atoms with Crippen molar-refractivity contribution < 1.29 is 14.7 Å². The normalized spacial score (nSPS) is 36.0. The molecule has 3 fully saturated rings. The van der Waals surface area contributed by atoms with E-state index in [4.69, 9.17) is 5.11 Å². The molecular formula is C13H20N2O3. The second-order valence-electron chi connectivity index (χ2n) is 5.83. The van der Waals surface area contributed by atoms with Crippen LogP contribution < -0.4 is 5.32 Å². The van der Waals surface area contributed by atoms with E-state index in [0.29, 0.717) is 38.0 Å². The zero-order chi connectivity index (χ0) is 12.7. The molecule has 0 aromatic rings. The molecule has 3 aliphatic rings. The van der Waals surface area contributed by atoms with Crippen LogP contribution in [-0.2, 0) is 9.59 Å². The molecule has 0 aromatic carbocycles. The number of carboxylic acids is 1. The fourth-order valence-electron chi connectivity index (χ4n) is 3.68. The standard InChI is InChI=1S/C13H20N2O3/c16-12(10-7-9-1-2-11(10)14-9)15-5-3-8(4-6-15)13(17)18/h8-11,14H,1-7H2,(H,17,18). The molecule has 18 heavy (non-hydrogen) atoms. The van der Waals surface area contributed by atoms with Crippen molar-refractivity contribution >= 4 is 11.9 Å². The molecule has 5 heteroatoms. The molecule has 3 unspecified atom stereocenters. The molecule has 3 heterocycles. The monoisotopic (exact) mass is 252 g/mol. The number of fused-ring (bicyclic) bond motifs is 2. The summed E-state index contributed by atoms with van der Waals surface area (Å²) >= 11 is 0. The van der Waals surface area contributed by atoms with Gasteiger partial charge in [0.25, 0.3) is 0 Å². The molecule has 2 bridgehead atoms. The van der Waals surface area contributed by atoms with Gasteiger partial charge in [0.2, 0.25) is 5.91 Å². The van der Waals surface area contributed by atoms with Gasteiger partial charge in [-0.1, -0.05) is 0 Å². The third kappa shape index (κ3) is 2.00. The molecule has 0 saturated carbocycles. The van der Waals surface area contributed by atoms with Gasteiger partial charge in [-0.25, -0.2) is 0 Å². The summed E-state index contributed by atoms with van der Waals surface area (Å²) in [6.07, 6.45) is 4.51. The molecule has 3 saturated heterocycles. The third-order valence-corrected chi connectivity index (χ3v) is 4.77. The summed E-state index contributed by atoms with van der Waals surface area (Å²) in [4.78, 5) is 25.2. The minimum Gasteiger partial charge on any atom is -0.481 e. The Morgan fingerprint density at radius 1 is 1.11 bits per heavy atom. The number of carbonyl (C=O) groups excluding carboxylic acids is 1. The zero-order valence-corrected chi connectivity index (χ0v) is 10.5. The number of carbonyl (C=O) groups is 2. The Hall–Kier alpha value is -1.10. The number of aliphatic carboxylic acids is 1. The van der Waals surface area contributed by atoms with E-state index in [1.54, 1.807) is 0 Å². The summed E-state index contributed by atoms with van der Waals surface area (Å²) in [5, 5.41) is 12.4. The maximum absolute atomic E-state index is 12.4. The number of rotatable bonds is 2. The second kappa shape index (κ2) is 4.53. The van der Waals surface area contributed by atoms with Gasteiger partial charge in [-0.15, -0.1) is 0 Å². The molecule has 0 aromatic heterocycles. The minimum absolute atomic E-state index is 0.144. The summed E-state index contributed by atoms with van der Waals surface area (Å²) in [5.41, 5.74) is 0. The Balaban J connectivity index is 1.56. The van der Waals surface area contributed by atoms with Crippen LogP contribution in [0.25, 0.3) is 0 Å². The largest absolute Gasteiger partial charge is 0.481 e. The minimum atomic E-state index is -0.719. The lowest BCUT2D eigenvalue weighted by Gasteiger charge is -2.33. The molecule has 3 rings (SSSR count). The van der Waals surface area contributed by atoms with Crippen LogP contribution in [0.15, 0.2) is 0 Å². The first-order chi connectivity index (χ1) is 8.65. The van der Waals surface area contributed by atoms with E-state index in [9.17, 15) is 9.59 Å². The molecule has 0 spiro atoms. The van der Waals surface area contributed by atoms with Crippen LogP contribution in [0.4, 0.5) is 0 Å². The fraction of sp³-hybridized carbons (Fsp3) is 0.846. The number of nitrogens with one attached hydrogen (secondary N) is 1. The summed E-state index contributed by atoms with van der Waals surface area (Å²) in [5.74, 6) is -0.584. The number of nitrogens with zero attached hydrogens (tertiary/aromatic N) is 1. The van der Waals surface area contributed by atoms with Crippen LogP contribution in [0.1, 0.15) is 32.1 Å². The van der Waals surface area contributed by atoms with Gasteiger partial charge in [0, 0.05) is 25.2 Å².